The van der Waals surface area contributed by atoms with Crippen molar-refractivity contribution in [3.05, 3.63) is 45.6 Å². The van der Waals surface area contributed by atoms with E-state index in [0.717, 1.165) is 22.6 Å². The Kier molecular flexibility index (Phi) is 7.49. The third-order valence-corrected chi connectivity index (χ3v) is 8.38. The summed E-state index contributed by atoms with van der Waals surface area (Å²) in [5.74, 6) is -0.958. The highest BCUT2D eigenvalue weighted by Gasteiger charge is 2.34. The van der Waals surface area contributed by atoms with Gasteiger partial charge in [0.05, 0.1) is 36.2 Å². The summed E-state index contributed by atoms with van der Waals surface area (Å²) in [6, 6.07) is 2.35. The summed E-state index contributed by atoms with van der Waals surface area (Å²) >= 11 is 1.13. The summed E-state index contributed by atoms with van der Waals surface area (Å²) in [6.45, 7) is 4.79. The number of nitrogens with two attached hydrogens (primary N) is 2. The first-order valence-electron chi connectivity index (χ1n) is 12.6. The van der Waals surface area contributed by atoms with Crippen LogP contribution in [0.4, 0.5) is 20.3 Å². The highest BCUT2D eigenvalue weighted by Crippen LogP contribution is 2.34. The summed E-state index contributed by atoms with van der Waals surface area (Å²) in [5.41, 5.74) is 14.4. The van der Waals surface area contributed by atoms with Crippen molar-refractivity contribution in [3.63, 3.8) is 0 Å². The number of fused-ring (bicyclic) bond motifs is 2. The number of hydrogen-bond donors (Lipinski definition) is 3. The van der Waals surface area contributed by atoms with Gasteiger partial charge in [0.15, 0.2) is 11.6 Å². The molecule has 1 amide bonds. The number of ether oxygens (including phenoxy) is 2. The molecule has 1 fully saturated rings. The van der Waals surface area contributed by atoms with E-state index in [-0.39, 0.29) is 47.4 Å². The average Bonchev–Trinajstić information content (AvgIpc) is 3.41. The number of anilines is 2. The van der Waals surface area contributed by atoms with Crippen LogP contribution in [0.15, 0.2) is 12.1 Å². The zero-order valence-corrected chi connectivity index (χ0v) is 22.4. The van der Waals surface area contributed by atoms with Crippen LogP contribution in [0.25, 0.3) is 10.2 Å². The van der Waals surface area contributed by atoms with Gasteiger partial charge in [0, 0.05) is 37.3 Å². The zero-order valence-electron chi connectivity index (χ0n) is 21.6. The van der Waals surface area contributed by atoms with Gasteiger partial charge >= 0.3 is 0 Å². The maximum absolute atomic E-state index is 15.2. The Labute approximate surface area is 223 Å². The van der Waals surface area contributed by atoms with E-state index in [4.69, 9.17) is 20.9 Å². The average molecular weight is 547 g/mol. The number of nitrogens with zero attached hydrogens (tertiary/aromatic N) is 3. The quantitative estimate of drug-likeness (QED) is 0.413. The van der Waals surface area contributed by atoms with Gasteiger partial charge in [0.25, 0.3) is 5.91 Å². The van der Waals surface area contributed by atoms with Gasteiger partial charge in [0.1, 0.15) is 15.5 Å². The van der Waals surface area contributed by atoms with Gasteiger partial charge < -0.3 is 31.2 Å². The molecule has 4 unspecified atom stereocenters. The molecule has 2 aliphatic rings. The van der Waals surface area contributed by atoms with Gasteiger partial charge in [-0.05, 0) is 50.8 Å². The number of hydrogen-bond acceptors (Lipinski definition) is 9. The Morgan fingerprint density at radius 1 is 1.29 bits per heavy atom. The fraction of sp³-hybridized carbons (Fsp3) is 0.500. The second-order valence-corrected chi connectivity index (χ2v) is 11.1. The number of rotatable bonds is 7. The molecular weight excluding hydrogens is 514 g/mol. The van der Waals surface area contributed by atoms with Gasteiger partial charge in [0.2, 0.25) is 0 Å². The Morgan fingerprint density at radius 3 is 2.84 bits per heavy atom. The fourth-order valence-electron chi connectivity index (χ4n) is 4.97. The van der Waals surface area contributed by atoms with E-state index < -0.39 is 11.6 Å². The van der Waals surface area contributed by atoms with Crippen LogP contribution in [0, 0.1) is 18.6 Å². The number of thiophene rings is 1. The number of aryl methyl sites for hydroxylation is 2. The molecule has 4 heterocycles. The number of nitrogen functional groups attached to an aromatic ring is 1. The standard InChI is InChI=1S/C26H32F2N6O3S/c1-12(36-3)11-37-21-10-34(9-19(21)29)24-18(28)7-14-6-15(4-5-20(14)33-24)32-25(35)23-22(30)16-8-17(27)13(2)31-26(16)38-23/h7-8,12,15,19,21H,4-6,9-11,29-30H2,1-3H3,(H,32,35). The predicted octanol–water partition coefficient (Wildman–Crippen LogP) is 2.71. The molecule has 1 aliphatic heterocycles. The van der Waals surface area contributed by atoms with Gasteiger partial charge in [-0.15, -0.1) is 11.3 Å². The molecule has 0 spiro atoms. The Bertz CT molecular complexity index is 1370. The van der Waals surface area contributed by atoms with Crippen molar-refractivity contribution in [3.8, 4) is 0 Å². The Hall–Kier alpha value is -2.93. The van der Waals surface area contributed by atoms with Crippen molar-refractivity contribution in [1.29, 1.82) is 0 Å². The molecule has 38 heavy (non-hydrogen) atoms. The summed E-state index contributed by atoms with van der Waals surface area (Å²) in [5, 5.41) is 3.43. The number of halogens is 2. The number of carbonyl (C=O) groups excluding carboxylic acids is 1. The largest absolute Gasteiger partial charge is 0.397 e. The molecule has 0 aromatic carbocycles. The van der Waals surface area contributed by atoms with Crippen LogP contribution in [-0.2, 0) is 22.3 Å². The molecule has 1 aliphatic carbocycles. The molecule has 0 saturated carbocycles. The minimum absolute atomic E-state index is 0.0533. The molecule has 5 rings (SSSR count). The first-order chi connectivity index (χ1) is 18.1. The van der Waals surface area contributed by atoms with E-state index >= 15 is 4.39 Å². The van der Waals surface area contributed by atoms with Crippen LogP contribution in [0.1, 0.15) is 40.0 Å². The van der Waals surface area contributed by atoms with Gasteiger partial charge in [-0.2, -0.15) is 0 Å². The first kappa shape index (κ1) is 26.7. The topological polar surface area (TPSA) is 129 Å². The molecule has 4 atom stereocenters. The Morgan fingerprint density at radius 2 is 2.08 bits per heavy atom. The minimum atomic E-state index is -0.466. The lowest BCUT2D eigenvalue weighted by atomic mass is 9.91. The third-order valence-electron chi connectivity index (χ3n) is 7.27. The number of nitrogens with one attached hydrogen (secondary N) is 1. The van der Waals surface area contributed by atoms with E-state index in [0.29, 0.717) is 54.1 Å². The van der Waals surface area contributed by atoms with E-state index in [1.165, 1.54) is 12.1 Å². The second-order valence-electron chi connectivity index (χ2n) is 10.1. The van der Waals surface area contributed by atoms with E-state index in [1.807, 2.05) is 11.8 Å². The number of amides is 1. The molecule has 3 aromatic heterocycles. The molecule has 12 heteroatoms. The number of pyridine rings is 2. The maximum atomic E-state index is 15.2. The predicted molar refractivity (Wildman–Crippen MR) is 143 cm³/mol. The van der Waals surface area contributed by atoms with E-state index in [1.54, 1.807) is 14.0 Å². The Balaban J connectivity index is 1.26. The summed E-state index contributed by atoms with van der Waals surface area (Å²) in [6.07, 6.45) is 1.39. The van der Waals surface area contributed by atoms with Crippen LogP contribution >= 0.6 is 11.3 Å². The highest BCUT2D eigenvalue weighted by molar-refractivity contribution is 7.21. The molecule has 9 nitrogen and oxygen atoms in total. The molecule has 0 bridgehead atoms. The number of methoxy groups -OCH3 is 1. The van der Waals surface area contributed by atoms with E-state index in [2.05, 4.69) is 15.3 Å². The van der Waals surface area contributed by atoms with Crippen LogP contribution in [0.3, 0.4) is 0 Å². The monoisotopic (exact) mass is 546 g/mol. The SMILES string of the molecule is COC(C)COC1CN(c2nc3c(cc2F)CC(NC(=O)c2sc4nc(C)c(F)cc4c2N)CC3)CC1N. The van der Waals surface area contributed by atoms with Gasteiger partial charge in [-0.3, -0.25) is 4.79 Å². The van der Waals surface area contributed by atoms with Crippen molar-refractivity contribution in [2.75, 3.05) is 37.4 Å². The van der Waals surface area contributed by atoms with Crippen molar-refractivity contribution >= 4 is 39.0 Å². The molecule has 0 radical (unpaired) electrons. The molecule has 5 N–H and O–H groups in total. The number of carbonyl (C=O) groups is 1. The molecular formula is C26H32F2N6O3S. The molecule has 3 aromatic rings. The normalized spacial score (nSPS) is 22.1. The van der Waals surface area contributed by atoms with Gasteiger partial charge in [-0.1, -0.05) is 0 Å². The van der Waals surface area contributed by atoms with Crippen molar-refractivity contribution in [1.82, 2.24) is 15.3 Å². The molecule has 204 valence electrons. The summed E-state index contributed by atoms with van der Waals surface area (Å²) in [7, 11) is 1.62. The lowest BCUT2D eigenvalue weighted by Gasteiger charge is -2.27. The van der Waals surface area contributed by atoms with Crippen LogP contribution in [0.5, 0.6) is 0 Å². The first-order valence-corrected chi connectivity index (χ1v) is 13.5. The molecule has 1 saturated heterocycles. The third kappa shape index (κ3) is 5.18. The maximum Gasteiger partial charge on any atom is 0.263 e. The summed E-state index contributed by atoms with van der Waals surface area (Å²) in [4.78, 5) is 24.5. The van der Waals surface area contributed by atoms with Crippen molar-refractivity contribution < 1.29 is 23.0 Å². The zero-order chi connectivity index (χ0) is 27.1. The summed E-state index contributed by atoms with van der Waals surface area (Å²) < 4.78 is 40.3. The van der Waals surface area contributed by atoms with Crippen molar-refractivity contribution in [2.45, 2.75) is 57.4 Å². The number of aromatic nitrogens is 2. The van der Waals surface area contributed by atoms with Gasteiger partial charge in [-0.25, -0.2) is 18.7 Å². The minimum Gasteiger partial charge on any atom is -0.397 e. The smallest absolute Gasteiger partial charge is 0.263 e. The van der Waals surface area contributed by atoms with Crippen LogP contribution in [-0.4, -0.2) is 67.0 Å². The highest BCUT2D eigenvalue weighted by atomic mass is 32.1. The lowest BCUT2D eigenvalue weighted by Crippen LogP contribution is -2.39. The van der Waals surface area contributed by atoms with Crippen LogP contribution in [0.2, 0.25) is 0 Å². The van der Waals surface area contributed by atoms with Crippen LogP contribution < -0.4 is 21.7 Å². The van der Waals surface area contributed by atoms with E-state index in [9.17, 15) is 9.18 Å². The van der Waals surface area contributed by atoms with Crippen molar-refractivity contribution in [2.24, 2.45) is 5.73 Å². The second kappa shape index (κ2) is 10.7. The fourth-order valence-corrected chi connectivity index (χ4v) is 6.00. The lowest BCUT2D eigenvalue weighted by molar-refractivity contribution is -0.0166.